The lowest BCUT2D eigenvalue weighted by Crippen LogP contribution is -1.99. The lowest BCUT2D eigenvalue weighted by atomic mass is 10.1. The van der Waals surface area contributed by atoms with Crippen LogP contribution < -0.4 is 5.32 Å². The highest BCUT2D eigenvalue weighted by atomic mass is 16.5. The maximum atomic E-state index is 4.96. The molecule has 0 amide bonds. The van der Waals surface area contributed by atoms with Crippen molar-refractivity contribution in [2.75, 3.05) is 5.32 Å². The predicted octanol–water partition coefficient (Wildman–Crippen LogP) is 2.90. The van der Waals surface area contributed by atoms with E-state index in [1.807, 2.05) is 13.0 Å². The van der Waals surface area contributed by atoms with Gasteiger partial charge in [-0.1, -0.05) is 35.0 Å². The molecule has 1 aromatic heterocycles. The van der Waals surface area contributed by atoms with Crippen molar-refractivity contribution < 1.29 is 4.52 Å². The summed E-state index contributed by atoms with van der Waals surface area (Å²) in [5.41, 5.74) is 2.52. The second-order valence-corrected chi connectivity index (χ2v) is 3.67. The third-order valence-electron chi connectivity index (χ3n) is 2.18. The highest BCUT2D eigenvalue weighted by Gasteiger charge is 1.99. The van der Waals surface area contributed by atoms with Crippen LogP contribution in [0.1, 0.15) is 16.9 Å². The highest BCUT2D eigenvalue weighted by molar-refractivity contribution is 5.35. The van der Waals surface area contributed by atoms with Crippen LogP contribution in [0.15, 0.2) is 34.9 Å². The van der Waals surface area contributed by atoms with Gasteiger partial charge in [-0.15, -0.1) is 0 Å². The molecule has 3 heteroatoms. The summed E-state index contributed by atoms with van der Waals surface area (Å²) in [5.74, 6) is 1.61. The fourth-order valence-corrected chi connectivity index (χ4v) is 1.46. The minimum Gasteiger partial charge on any atom is -0.363 e. The van der Waals surface area contributed by atoms with Crippen molar-refractivity contribution >= 4 is 5.82 Å². The first-order chi connectivity index (χ1) is 7.24. The summed E-state index contributed by atoms with van der Waals surface area (Å²) in [5, 5.41) is 7.07. The molecule has 2 rings (SSSR count). The van der Waals surface area contributed by atoms with Crippen LogP contribution in [0, 0.1) is 13.8 Å². The number of rotatable bonds is 3. The van der Waals surface area contributed by atoms with E-state index in [9.17, 15) is 0 Å². The van der Waals surface area contributed by atoms with E-state index < -0.39 is 0 Å². The van der Waals surface area contributed by atoms with Crippen LogP contribution in [0.2, 0.25) is 0 Å². The van der Waals surface area contributed by atoms with Crippen LogP contribution in [0.25, 0.3) is 0 Å². The summed E-state index contributed by atoms with van der Waals surface area (Å²) in [6, 6.07) is 10.3. The number of anilines is 1. The Labute approximate surface area is 89.1 Å². The molecule has 0 saturated heterocycles. The topological polar surface area (TPSA) is 38.1 Å². The standard InChI is InChI=1S/C12H14N2O/c1-9-4-3-5-11(6-9)8-13-12-7-10(2)15-14-12/h3-7H,8H2,1-2H3,(H,13,14). The first-order valence-corrected chi connectivity index (χ1v) is 4.97. The normalized spacial score (nSPS) is 10.3. The van der Waals surface area contributed by atoms with Crippen LogP contribution >= 0.6 is 0 Å². The summed E-state index contributed by atoms with van der Waals surface area (Å²) >= 11 is 0. The first-order valence-electron chi connectivity index (χ1n) is 4.97. The van der Waals surface area contributed by atoms with Gasteiger partial charge in [0.15, 0.2) is 5.82 Å². The van der Waals surface area contributed by atoms with Gasteiger partial charge in [0.1, 0.15) is 5.76 Å². The number of nitrogens with one attached hydrogen (secondary N) is 1. The molecule has 0 aliphatic heterocycles. The first kappa shape index (κ1) is 9.77. The van der Waals surface area contributed by atoms with Crippen molar-refractivity contribution in [2.24, 2.45) is 0 Å². The Bertz CT molecular complexity index is 448. The Balaban J connectivity index is 1.99. The molecule has 0 spiro atoms. The lowest BCUT2D eigenvalue weighted by Gasteiger charge is -2.02. The van der Waals surface area contributed by atoms with Crippen LogP contribution in [0.4, 0.5) is 5.82 Å². The molecule has 2 aromatic rings. The number of aromatic nitrogens is 1. The molecular weight excluding hydrogens is 188 g/mol. The number of hydrogen-bond acceptors (Lipinski definition) is 3. The Kier molecular flexibility index (Phi) is 2.72. The molecule has 0 unspecified atom stereocenters. The molecule has 3 nitrogen and oxygen atoms in total. The minimum atomic E-state index is 0.771. The number of benzene rings is 1. The van der Waals surface area contributed by atoms with Gasteiger partial charge in [-0.2, -0.15) is 0 Å². The molecule has 0 atom stereocenters. The van der Waals surface area contributed by atoms with Crippen molar-refractivity contribution in [3.63, 3.8) is 0 Å². The largest absolute Gasteiger partial charge is 0.363 e. The minimum absolute atomic E-state index is 0.771. The van der Waals surface area contributed by atoms with Crippen LogP contribution in [-0.2, 0) is 6.54 Å². The van der Waals surface area contributed by atoms with Gasteiger partial charge in [-0.05, 0) is 19.4 Å². The van der Waals surface area contributed by atoms with Gasteiger partial charge >= 0.3 is 0 Å². The van der Waals surface area contributed by atoms with Crippen molar-refractivity contribution in [3.8, 4) is 0 Å². The zero-order valence-electron chi connectivity index (χ0n) is 8.95. The van der Waals surface area contributed by atoms with Crippen LogP contribution in [0.3, 0.4) is 0 Å². The third-order valence-corrected chi connectivity index (χ3v) is 2.18. The molecule has 15 heavy (non-hydrogen) atoms. The van der Waals surface area contributed by atoms with Crippen molar-refractivity contribution in [1.29, 1.82) is 0 Å². The second-order valence-electron chi connectivity index (χ2n) is 3.67. The highest BCUT2D eigenvalue weighted by Crippen LogP contribution is 2.10. The second kappa shape index (κ2) is 4.17. The molecule has 0 saturated carbocycles. The molecule has 0 radical (unpaired) electrons. The van der Waals surface area contributed by atoms with E-state index in [4.69, 9.17) is 4.52 Å². The van der Waals surface area contributed by atoms with E-state index in [2.05, 4.69) is 41.7 Å². The molecule has 0 fully saturated rings. The maximum absolute atomic E-state index is 4.96. The van der Waals surface area contributed by atoms with Crippen LogP contribution in [-0.4, -0.2) is 5.16 Å². The summed E-state index contributed by atoms with van der Waals surface area (Å²) in [4.78, 5) is 0. The quantitative estimate of drug-likeness (QED) is 0.831. The van der Waals surface area contributed by atoms with Gasteiger partial charge in [-0.25, -0.2) is 0 Å². The van der Waals surface area contributed by atoms with Gasteiger partial charge in [0.25, 0.3) is 0 Å². The van der Waals surface area contributed by atoms with Crippen molar-refractivity contribution in [2.45, 2.75) is 20.4 Å². The molecule has 1 N–H and O–H groups in total. The number of nitrogens with zero attached hydrogens (tertiary/aromatic N) is 1. The molecule has 0 aliphatic carbocycles. The van der Waals surface area contributed by atoms with E-state index in [1.54, 1.807) is 0 Å². The maximum Gasteiger partial charge on any atom is 0.169 e. The third kappa shape index (κ3) is 2.59. The smallest absolute Gasteiger partial charge is 0.169 e. The molecule has 1 heterocycles. The molecule has 0 aliphatic rings. The SMILES string of the molecule is Cc1cccc(CNc2cc(C)on2)c1. The number of hydrogen-bond donors (Lipinski definition) is 1. The Hall–Kier alpha value is -1.77. The molecule has 1 aromatic carbocycles. The molecular formula is C12H14N2O. The van der Waals surface area contributed by atoms with Gasteiger partial charge in [0.05, 0.1) is 0 Å². The zero-order chi connectivity index (χ0) is 10.7. The predicted molar refractivity (Wildman–Crippen MR) is 59.7 cm³/mol. The van der Waals surface area contributed by atoms with Gasteiger partial charge in [-0.3, -0.25) is 0 Å². The molecule has 0 bridgehead atoms. The van der Waals surface area contributed by atoms with Crippen LogP contribution in [0.5, 0.6) is 0 Å². The van der Waals surface area contributed by atoms with E-state index in [0.29, 0.717) is 0 Å². The van der Waals surface area contributed by atoms with Gasteiger partial charge < -0.3 is 9.84 Å². The molecule has 78 valence electrons. The zero-order valence-corrected chi connectivity index (χ0v) is 8.95. The number of aryl methyl sites for hydroxylation is 2. The Morgan fingerprint density at radius 1 is 1.27 bits per heavy atom. The van der Waals surface area contributed by atoms with E-state index in [1.165, 1.54) is 11.1 Å². The average molecular weight is 202 g/mol. The average Bonchev–Trinajstić information content (AvgIpc) is 2.62. The fraction of sp³-hybridized carbons (Fsp3) is 0.250. The lowest BCUT2D eigenvalue weighted by molar-refractivity contribution is 0.399. The Morgan fingerprint density at radius 2 is 2.13 bits per heavy atom. The summed E-state index contributed by atoms with van der Waals surface area (Å²) < 4.78 is 4.96. The van der Waals surface area contributed by atoms with Gasteiger partial charge in [0, 0.05) is 12.6 Å². The van der Waals surface area contributed by atoms with Crippen molar-refractivity contribution in [3.05, 3.63) is 47.2 Å². The van der Waals surface area contributed by atoms with Gasteiger partial charge in [0.2, 0.25) is 0 Å². The summed E-state index contributed by atoms with van der Waals surface area (Å²) in [6.45, 7) is 4.74. The van der Waals surface area contributed by atoms with Crippen molar-refractivity contribution in [1.82, 2.24) is 5.16 Å². The van der Waals surface area contributed by atoms with E-state index in [-0.39, 0.29) is 0 Å². The van der Waals surface area contributed by atoms with E-state index in [0.717, 1.165) is 18.1 Å². The summed E-state index contributed by atoms with van der Waals surface area (Å²) in [7, 11) is 0. The Morgan fingerprint density at radius 3 is 2.80 bits per heavy atom. The van der Waals surface area contributed by atoms with E-state index >= 15 is 0 Å². The fourth-order valence-electron chi connectivity index (χ4n) is 1.46. The monoisotopic (exact) mass is 202 g/mol. The summed E-state index contributed by atoms with van der Waals surface area (Å²) in [6.07, 6.45) is 0.